The lowest BCUT2D eigenvalue weighted by Gasteiger charge is -2.32. The van der Waals surface area contributed by atoms with E-state index in [0.717, 1.165) is 30.6 Å². The van der Waals surface area contributed by atoms with E-state index in [1.807, 2.05) is 41.3 Å². The molecule has 0 radical (unpaired) electrons. The van der Waals surface area contributed by atoms with E-state index in [0.29, 0.717) is 46.9 Å². The molecule has 1 atom stereocenters. The van der Waals surface area contributed by atoms with E-state index in [-0.39, 0.29) is 17.7 Å². The Morgan fingerprint density at radius 2 is 1.97 bits per heavy atom. The number of carbonyl (C=O) groups is 2. The van der Waals surface area contributed by atoms with Gasteiger partial charge in [0.15, 0.2) is 5.82 Å². The largest absolute Gasteiger partial charge is 0.495 e. The molecule has 1 saturated heterocycles. The molecule has 2 aromatic carbocycles. The first kappa shape index (κ1) is 26.2. The minimum Gasteiger partial charge on any atom is -0.495 e. The number of likely N-dealkylation sites (tertiary alicyclic amines) is 1. The number of hydrogen-bond donors (Lipinski definition) is 3. The van der Waals surface area contributed by atoms with Gasteiger partial charge in [-0.2, -0.15) is 4.98 Å². The second-order valence-electron chi connectivity index (χ2n) is 8.89. The summed E-state index contributed by atoms with van der Waals surface area (Å²) in [5.41, 5.74) is 3.23. The fourth-order valence-electron chi connectivity index (χ4n) is 4.30. The fraction of sp³-hybridized carbons (Fsp3) is 0.333. The molecule has 3 N–H and O–H groups in total. The van der Waals surface area contributed by atoms with Gasteiger partial charge >= 0.3 is 0 Å². The molecule has 1 aliphatic heterocycles. The van der Waals surface area contributed by atoms with Gasteiger partial charge < -0.3 is 25.6 Å². The average Bonchev–Trinajstić information content (AvgIpc) is 2.91. The van der Waals surface area contributed by atoms with E-state index in [4.69, 9.17) is 16.3 Å². The van der Waals surface area contributed by atoms with Crippen LogP contribution in [-0.2, 0) is 9.59 Å². The number of hydrogen-bond acceptors (Lipinski definition) is 7. The van der Waals surface area contributed by atoms with Gasteiger partial charge in [-0.05, 0) is 48.7 Å². The lowest BCUT2D eigenvalue weighted by Crippen LogP contribution is -2.37. The molecule has 0 spiro atoms. The molecule has 4 rings (SSSR count). The van der Waals surface area contributed by atoms with Crippen molar-refractivity contribution in [1.82, 2.24) is 14.9 Å². The van der Waals surface area contributed by atoms with Crippen molar-refractivity contribution in [1.29, 1.82) is 0 Å². The molecule has 0 bridgehead atoms. The Balaban J connectivity index is 1.51. The van der Waals surface area contributed by atoms with Crippen LogP contribution < -0.4 is 20.7 Å². The molecule has 37 heavy (non-hydrogen) atoms. The summed E-state index contributed by atoms with van der Waals surface area (Å²) >= 11 is 6.40. The summed E-state index contributed by atoms with van der Waals surface area (Å²) in [6.45, 7) is 4.93. The first-order chi connectivity index (χ1) is 17.9. The van der Waals surface area contributed by atoms with Crippen molar-refractivity contribution in [2.45, 2.75) is 39.0 Å². The van der Waals surface area contributed by atoms with E-state index in [9.17, 15) is 9.59 Å². The number of aromatic nitrogens is 2. The van der Waals surface area contributed by atoms with Crippen LogP contribution in [0.25, 0.3) is 0 Å². The predicted molar refractivity (Wildman–Crippen MR) is 146 cm³/mol. The zero-order chi connectivity index (χ0) is 26.4. The van der Waals surface area contributed by atoms with Gasteiger partial charge in [-0.25, -0.2) is 4.98 Å². The highest BCUT2D eigenvalue weighted by Gasteiger charge is 2.24. The van der Waals surface area contributed by atoms with Gasteiger partial charge in [-0.3, -0.25) is 9.59 Å². The number of methoxy groups -OCH3 is 1. The summed E-state index contributed by atoms with van der Waals surface area (Å²) in [4.78, 5) is 34.3. The van der Waals surface area contributed by atoms with Gasteiger partial charge in [-0.15, -0.1) is 0 Å². The normalized spacial score (nSPS) is 15.1. The molecule has 9 nitrogen and oxygen atoms in total. The van der Waals surface area contributed by atoms with E-state index < -0.39 is 0 Å². The molecule has 1 aliphatic rings. The summed E-state index contributed by atoms with van der Waals surface area (Å²) in [5, 5.41) is 9.58. The van der Waals surface area contributed by atoms with Gasteiger partial charge in [-0.1, -0.05) is 30.7 Å². The van der Waals surface area contributed by atoms with Crippen molar-refractivity contribution in [2.24, 2.45) is 0 Å². The Hall–Kier alpha value is -3.85. The first-order valence-corrected chi connectivity index (χ1v) is 12.6. The summed E-state index contributed by atoms with van der Waals surface area (Å²) in [6.07, 6.45) is 3.92. The second kappa shape index (κ2) is 11.9. The zero-order valence-electron chi connectivity index (χ0n) is 21.2. The van der Waals surface area contributed by atoms with Crippen LogP contribution >= 0.6 is 11.6 Å². The maximum atomic E-state index is 11.8. The number of benzene rings is 2. The SMILES string of the molecule is CCC(=O)Nc1cccc(Nc2ncc(Cl)c(Nc3ccc(C4CCCN(C(C)=O)C4)cc3OC)n2)c1. The minimum absolute atomic E-state index is 0.0639. The molecule has 2 amide bonds. The maximum absolute atomic E-state index is 11.8. The van der Waals surface area contributed by atoms with E-state index >= 15 is 0 Å². The van der Waals surface area contributed by atoms with Crippen molar-refractivity contribution in [3.05, 3.63) is 59.2 Å². The second-order valence-corrected chi connectivity index (χ2v) is 9.29. The van der Waals surface area contributed by atoms with Crippen LogP contribution in [0.1, 0.15) is 44.6 Å². The Kier molecular flexibility index (Phi) is 8.45. The smallest absolute Gasteiger partial charge is 0.229 e. The monoisotopic (exact) mass is 522 g/mol. The third-order valence-corrected chi connectivity index (χ3v) is 6.56. The van der Waals surface area contributed by atoms with Crippen LogP contribution in [0.15, 0.2) is 48.7 Å². The molecule has 2 heterocycles. The number of ether oxygens (including phenoxy) is 1. The summed E-state index contributed by atoms with van der Waals surface area (Å²) < 4.78 is 5.66. The Labute approximate surface area is 221 Å². The van der Waals surface area contributed by atoms with Crippen molar-refractivity contribution in [2.75, 3.05) is 36.1 Å². The summed E-state index contributed by atoms with van der Waals surface area (Å²) in [7, 11) is 1.62. The highest BCUT2D eigenvalue weighted by atomic mass is 35.5. The van der Waals surface area contributed by atoms with Crippen molar-refractivity contribution in [3.63, 3.8) is 0 Å². The Morgan fingerprint density at radius 1 is 1.16 bits per heavy atom. The van der Waals surface area contributed by atoms with Crippen molar-refractivity contribution < 1.29 is 14.3 Å². The highest BCUT2D eigenvalue weighted by molar-refractivity contribution is 6.33. The number of amides is 2. The lowest BCUT2D eigenvalue weighted by atomic mass is 9.90. The topological polar surface area (TPSA) is 108 Å². The molecule has 1 unspecified atom stereocenters. The Morgan fingerprint density at radius 3 is 2.73 bits per heavy atom. The van der Waals surface area contributed by atoms with Crippen LogP contribution in [0.3, 0.4) is 0 Å². The Bertz CT molecular complexity index is 1280. The number of rotatable bonds is 8. The number of carbonyl (C=O) groups excluding carboxylic acids is 2. The number of halogens is 1. The van der Waals surface area contributed by atoms with Crippen LogP contribution in [0, 0.1) is 0 Å². The van der Waals surface area contributed by atoms with Gasteiger partial charge in [0, 0.05) is 43.7 Å². The standard InChI is InChI=1S/C27H31ClN6O3/c1-4-25(36)30-20-8-5-9-21(14-20)31-27-29-15-22(28)26(33-27)32-23-11-10-18(13-24(23)37-3)19-7-6-12-34(16-19)17(2)35/h5,8-11,13-15,19H,4,6-7,12,16H2,1-3H3,(H,30,36)(H2,29,31,32,33). The summed E-state index contributed by atoms with van der Waals surface area (Å²) in [5.74, 6) is 1.72. The molecule has 3 aromatic rings. The molecule has 0 aliphatic carbocycles. The molecule has 1 fully saturated rings. The average molecular weight is 523 g/mol. The lowest BCUT2D eigenvalue weighted by molar-refractivity contribution is -0.130. The quantitative estimate of drug-likeness (QED) is 0.348. The third-order valence-electron chi connectivity index (χ3n) is 6.28. The molecule has 10 heteroatoms. The summed E-state index contributed by atoms with van der Waals surface area (Å²) in [6, 6.07) is 13.3. The maximum Gasteiger partial charge on any atom is 0.229 e. The van der Waals surface area contributed by atoms with Crippen LogP contribution in [0.5, 0.6) is 5.75 Å². The van der Waals surface area contributed by atoms with Crippen LogP contribution in [0.2, 0.25) is 5.02 Å². The van der Waals surface area contributed by atoms with Gasteiger partial charge in [0.05, 0.1) is 19.0 Å². The van der Waals surface area contributed by atoms with Gasteiger partial charge in [0.2, 0.25) is 17.8 Å². The molecular formula is C27H31ClN6O3. The first-order valence-electron chi connectivity index (χ1n) is 12.3. The molecular weight excluding hydrogens is 492 g/mol. The van der Waals surface area contributed by atoms with Crippen molar-refractivity contribution in [3.8, 4) is 5.75 Å². The molecule has 1 aromatic heterocycles. The van der Waals surface area contributed by atoms with Crippen molar-refractivity contribution >= 4 is 52.2 Å². The number of piperidine rings is 1. The highest BCUT2D eigenvalue weighted by Crippen LogP contribution is 2.35. The van der Waals surface area contributed by atoms with Gasteiger partial charge in [0.25, 0.3) is 0 Å². The van der Waals surface area contributed by atoms with Gasteiger partial charge in [0.1, 0.15) is 10.8 Å². The molecule has 194 valence electrons. The van der Waals surface area contributed by atoms with Crippen LogP contribution in [-0.4, -0.2) is 46.9 Å². The van der Waals surface area contributed by atoms with Crippen LogP contribution in [0.4, 0.5) is 28.8 Å². The number of anilines is 5. The van der Waals surface area contributed by atoms with E-state index in [2.05, 4.69) is 25.9 Å². The number of nitrogens with zero attached hydrogens (tertiary/aromatic N) is 3. The predicted octanol–water partition coefficient (Wildman–Crippen LogP) is 5.70. The number of nitrogens with one attached hydrogen (secondary N) is 3. The van der Waals surface area contributed by atoms with E-state index in [1.165, 1.54) is 6.20 Å². The third kappa shape index (κ3) is 6.68. The minimum atomic E-state index is -0.0639. The molecule has 0 saturated carbocycles. The van der Waals surface area contributed by atoms with E-state index in [1.54, 1.807) is 27.0 Å². The fourth-order valence-corrected chi connectivity index (χ4v) is 4.43. The zero-order valence-corrected chi connectivity index (χ0v) is 21.9.